The predicted octanol–water partition coefficient (Wildman–Crippen LogP) is 1.15. The van der Waals surface area contributed by atoms with Gasteiger partial charge in [-0.2, -0.15) is 15.3 Å². The maximum absolute atomic E-state index is 12.1. The number of piperazine rings is 1. The monoisotopic (exact) mass is 356 g/mol. The number of nitrogens with zero attached hydrogens (tertiary/aromatic N) is 6. The van der Waals surface area contributed by atoms with Crippen LogP contribution in [0.2, 0.25) is 0 Å². The lowest BCUT2D eigenvalue weighted by atomic mass is 9.92. The zero-order valence-corrected chi connectivity index (χ0v) is 15.9. The van der Waals surface area contributed by atoms with Gasteiger partial charge >= 0.3 is 0 Å². The molecule has 1 fully saturated rings. The first-order chi connectivity index (χ1) is 12.4. The normalized spacial score (nSPS) is 16.7. The minimum absolute atomic E-state index is 0.0261. The molecule has 0 aromatic carbocycles. The summed E-state index contributed by atoms with van der Waals surface area (Å²) in [7, 11) is 0. The third kappa shape index (κ3) is 4.95. The van der Waals surface area contributed by atoms with Gasteiger partial charge < -0.3 is 0 Å². The lowest BCUT2D eigenvalue weighted by Gasteiger charge is -2.34. The van der Waals surface area contributed by atoms with Crippen molar-refractivity contribution in [1.82, 2.24) is 29.8 Å². The minimum Gasteiger partial charge on any atom is -0.299 e. The van der Waals surface area contributed by atoms with Crippen molar-refractivity contribution in [2.75, 3.05) is 32.7 Å². The van der Waals surface area contributed by atoms with E-state index in [0.29, 0.717) is 6.54 Å². The van der Waals surface area contributed by atoms with Crippen LogP contribution in [0.3, 0.4) is 0 Å². The Hall–Kier alpha value is -2.12. The van der Waals surface area contributed by atoms with E-state index < -0.39 is 0 Å². The third-order valence-corrected chi connectivity index (χ3v) is 4.78. The molecule has 0 bridgehead atoms. The molecule has 26 heavy (non-hydrogen) atoms. The largest absolute Gasteiger partial charge is 0.299 e. The second kappa shape index (κ2) is 8.05. The zero-order valence-electron chi connectivity index (χ0n) is 15.9. The standard InChI is InChI=1S/C19H28N6O/c1-19(2,3)17-4-5-18(26)25(22-17)13-12-23-8-10-24(11-9-23)15-16-6-7-20-21-14-16/h4-7,14H,8-13,15H2,1-3H3. The Morgan fingerprint density at radius 1 is 0.962 bits per heavy atom. The van der Waals surface area contributed by atoms with Crippen LogP contribution in [0.1, 0.15) is 32.0 Å². The van der Waals surface area contributed by atoms with Crippen LogP contribution in [-0.4, -0.2) is 62.5 Å². The minimum atomic E-state index is -0.0527. The summed E-state index contributed by atoms with van der Waals surface area (Å²) in [6.07, 6.45) is 3.56. The quantitative estimate of drug-likeness (QED) is 0.801. The average molecular weight is 356 g/mol. The fourth-order valence-electron chi connectivity index (χ4n) is 3.09. The first-order valence-corrected chi connectivity index (χ1v) is 9.21. The highest BCUT2D eigenvalue weighted by Crippen LogP contribution is 2.18. The molecule has 2 aromatic rings. The topological polar surface area (TPSA) is 67.2 Å². The van der Waals surface area contributed by atoms with Crippen LogP contribution in [0.4, 0.5) is 0 Å². The molecule has 3 rings (SSSR count). The predicted molar refractivity (Wildman–Crippen MR) is 101 cm³/mol. The van der Waals surface area contributed by atoms with Gasteiger partial charge in [0.1, 0.15) is 0 Å². The van der Waals surface area contributed by atoms with E-state index in [1.54, 1.807) is 16.9 Å². The van der Waals surface area contributed by atoms with E-state index >= 15 is 0 Å². The van der Waals surface area contributed by atoms with Crippen molar-refractivity contribution < 1.29 is 0 Å². The highest BCUT2D eigenvalue weighted by atomic mass is 16.1. The first-order valence-electron chi connectivity index (χ1n) is 9.21. The van der Waals surface area contributed by atoms with Gasteiger partial charge in [0.15, 0.2) is 0 Å². The van der Waals surface area contributed by atoms with E-state index in [0.717, 1.165) is 45.0 Å². The van der Waals surface area contributed by atoms with Crippen molar-refractivity contribution in [1.29, 1.82) is 0 Å². The van der Waals surface area contributed by atoms with Crippen LogP contribution >= 0.6 is 0 Å². The lowest BCUT2D eigenvalue weighted by Crippen LogP contribution is -2.47. The molecule has 7 nitrogen and oxygen atoms in total. The molecule has 2 aromatic heterocycles. The Morgan fingerprint density at radius 3 is 2.35 bits per heavy atom. The molecule has 0 radical (unpaired) electrons. The summed E-state index contributed by atoms with van der Waals surface area (Å²) in [5.74, 6) is 0. The zero-order chi connectivity index (χ0) is 18.6. The average Bonchev–Trinajstić information content (AvgIpc) is 2.62. The molecule has 7 heteroatoms. The number of aromatic nitrogens is 4. The maximum atomic E-state index is 12.1. The van der Waals surface area contributed by atoms with E-state index in [2.05, 4.69) is 45.9 Å². The number of hydrogen-bond acceptors (Lipinski definition) is 6. The molecule has 140 valence electrons. The van der Waals surface area contributed by atoms with Crippen molar-refractivity contribution in [3.8, 4) is 0 Å². The molecule has 0 N–H and O–H groups in total. The van der Waals surface area contributed by atoms with Crippen molar-refractivity contribution in [2.24, 2.45) is 0 Å². The summed E-state index contributed by atoms with van der Waals surface area (Å²) >= 11 is 0. The molecule has 3 heterocycles. The first kappa shape index (κ1) is 18.7. The second-order valence-corrected chi connectivity index (χ2v) is 7.90. The molecule has 1 aliphatic heterocycles. The van der Waals surface area contributed by atoms with Crippen molar-refractivity contribution in [3.05, 3.63) is 52.2 Å². The SMILES string of the molecule is CC(C)(C)c1ccc(=O)n(CCN2CCN(Cc3ccnnc3)CC2)n1. The van der Waals surface area contributed by atoms with Gasteiger partial charge in [0.2, 0.25) is 0 Å². The molecule has 0 atom stereocenters. The lowest BCUT2D eigenvalue weighted by molar-refractivity contribution is 0.122. The molecule has 0 amide bonds. The van der Waals surface area contributed by atoms with Gasteiger partial charge in [-0.1, -0.05) is 20.8 Å². The molecule has 0 spiro atoms. The summed E-state index contributed by atoms with van der Waals surface area (Å²) in [6, 6.07) is 5.49. The van der Waals surface area contributed by atoms with E-state index in [1.165, 1.54) is 5.56 Å². The Balaban J connectivity index is 1.50. The van der Waals surface area contributed by atoms with Crippen molar-refractivity contribution >= 4 is 0 Å². The molecular formula is C19H28N6O. The molecule has 1 saturated heterocycles. The van der Waals surface area contributed by atoms with Gasteiger partial charge in [0.25, 0.3) is 5.56 Å². The van der Waals surface area contributed by atoms with Crippen LogP contribution in [0.15, 0.2) is 35.4 Å². The molecular weight excluding hydrogens is 328 g/mol. The number of hydrogen-bond donors (Lipinski definition) is 0. The van der Waals surface area contributed by atoms with E-state index in [-0.39, 0.29) is 11.0 Å². The Bertz CT molecular complexity index is 760. The van der Waals surface area contributed by atoms with Crippen LogP contribution in [0.25, 0.3) is 0 Å². The second-order valence-electron chi connectivity index (χ2n) is 7.90. The number of rotatable bonds is 5. The Morgan fingerprint density at radius 2 is 1.69 bits per heavy atom. The van der Waals surface area contributed by atoms with Crippen molar-refractivity contribution in [2.45, 2.75) is 39.3 Å². The maximum Gasteiger partial charge on any atom is 0.266 e. The van der Waals surface area contributed by atoms with Gasteiger partial charge in [0.05, 0.1) is 18.4 Å². The highest BCUT2D eigenvalue weighted by molar-refractivity contribution is 5.10. The van der Waals surface area contributed by atoms with E-state index in [1.807, 2.05) is 18.3 Å². The third-order valence-electron chi connectivity index (χ3n) is 4.78. The van der Waals surface area contributed by atoms with E-state index in [4.69, 9.17) is 0 Å². The van der Waals surface area contributed by atoms with Gasteiger partial charge in [0, 0.05) is 56.9 Å². The Labute approximate surface area is 154 Å². The summed E-state index contributed by atoms with van der Waals surface area (Å²) < 4.78 is 1.61. The van der Waals surface area contributed by atoms with Crippen molar-refractivity contribution in [3.63, 3.8) is 0 Å². The summed E-state index contributed by atoms with van der Waals surface area (Å²) in [5.41, 5.74) is 2.07. The molecule has 0 saturated carbocycles. The smallest absolute Gasteiger partial charge is 0.266 e. The van der Waals surface area contributed by atoms with Gasteiger partial charge in [-0.25, -0.2) is 4.68 Å². The fraction of sp³-hybridized carbons (Fsp3) is 0.579. The highest BCUT2D eigenvalue weighted by Gasteiger charge is 2.19. The van der Waals surface area contributed by atoms with E-state index in [9.17, 15) is 4.79 Å². The molecule has 0 unspecified atom stereocenters. The van der Waals surface area contributed by atoms with Crippen LogP contribution in [0.5, 0.6) is 0 Å². The summed E-state index contributed by atoms with van der Waals surface area (Å²) in [6.45, 7) is 12.8. The van der Waals surface area contributed by atoms with Gasteiger partial charge in [-0.05, 0) is 17.7 Å². The Kier molecular flexibility index (Phi) is 5.78. The van der Waals surface area contributed by atoms with Gasteiger partial charge in [-0.3, -0.25) is 14.6 Å². The summed E-state index contributed by atoms with van der Waals surface area (Å²) in [5, 5.41) is 12.3. The van der Waals surface area contributed by atoms with Crippen LogP contribution in [0, 0.1) is 0 Å². The summed E-state index contributed by atoms with van der Waals surface area (Å²) in [4.78, 5) is 16.9. The van der Waals surface area contributed by atoms with Crippen LogP contribution < -0.4 is 5.56 Å². The fourth-order valence-corrected chi connectivity index (χ4v) is 3.09. The van der Waals surface area contributed by atoms with Gasteiger partial charge in [-0.15, -0.1) is 0 Å². The molecule has 0 aliphatic carbocycles. The van der Waals surface area contributed by atoms with Crippen LogP contribution in [-0.2, 0) is 18.5 Å². The molecule has 1 aliphatic rings.